The van der Waals surface area contributed by atoms with Crippen LogP contribution in [-0.4, -0.2) is 96.8 Å². The number of methoxy groups -OCH3 is 1. The second-order valence-corrected chi connectivity index (χ2v) is 17.8. The highest BCUT2D eigenvalue weighted by Crippen LogP contribution is 2.62. The molecule has 1 aromatic heterocycles. The van der Waals surface area contributed by atoms with Crippen molar-refractivity contribution >= 4 is 62.3 Å². The molecule has 6 heterocycles. The Hall–Kier alpha value is -5.08. The van der Waals surface area contributed by atoms with E-state index in [1.54, 1.807) is 18.1 Å². The number of piperazine rings is 1. The Morgan fingerprint density at radius 3 is 2.47 bits per heavy atom. The SMILES string of the molecule is COc1cc(N2CCC(CN3CCN(c4ccc5c(c4)CN([C@H]4CCC(=O)NC4=O)C5=O)CC3)CC2)c(F)cc1[C@@H]1N(c2cccc3cnsc23)C(=O)C12CCCC2. The number of amides is 4. The Labute approximate surface area is 341 Å². The predicted molar refractivity (Wildman–Crippen MR) is 220 cm³/mol. The van der Waals surface area contributed by atoms with Gasteiger partial charge in [0.2, 0.25) is 17.7 Å². The molecule has 302 valence electrons. The molecule has 0 bridgehead atoms. The van der Waals surface area contributed by atoms with Crippen molar-refractivity contribution in [2.24, 2.45) is 11.3 Å². The Morgan fingerprint density at radius 1 is 0.914 bits per heavy atom. The van der Waals surface area contributed by atoms with Crippen molar-refractivity contribution in [1.82, 2.24) is 19.5 Å². The number of aromatic nitrogens is 1. The Bertz CT molecular complexity index is 2310. The van der Waals surface area contributed by atoms with Crippen LogP contribution in [0.25, 0.3) is 10.1 Å². The molecule has 0 radical (unpaired) electrons. The van der Waals surface area contributed by atoms with E-state index in [9.17, 15) is 19.2 Å². The number of carbonyl (C=O) groups excluding carboxylic acids is 4. The molecule has 6 aliphatic rings. The third-order valence-corrected chi connectivity index (χ3v) is 14.7. The first-order valence-corrected chi connectivity index (χ1v) is 21.5. The molecule has 14 heteroatoms. The van der Waals surface area contributed by atoms with Gasteiger partial charge in [-0.25, -0.2) is 4.39 Å². The molecule has 1 saturated carbocycles. The van der Waals surface area contributed by atoms with E-state index in [4.69, 9.17) is 4.74 Å². The predicted octanol–water partition coefficient (Wildman–Crippen LogP) is 5.89. The molecular formula is C44H48FN7O5S. The van der Waals surface area contributed by atoms with Crippen LogP contribution in [-0.2, 0) is 20.9 Å². The molecule has 5 aliphatic heterocycles. The van der Waals surface area contributed by atoms with Crippen molar-refractivity contribution in [3.63, 3.8) is 0 Å². The number of ether oxygens (including phenoxy) is 1. The fourth-order valence-electron chi connectivity index (χ4n) is 10.8. The lowest BCUT2D eigenvalue weighted by atomic mass is 9.66. The molecule has 5 fully saturated rings. The molecule has 3 aromatic carbocycles. The number of nitrogens with one attached hydrogen (secondary N) is 1. The molecule has 12 nitrogen and oxygen atoms in total. The second-order valence-electron chi connectivity index (χ2n) is 17.0. The molecule has 4 aromatic rings. The van der Waals surface area contributed by atoms with Crippen molar-refractivity contribution in [2.45, 2.75) is 70.0 Å². The van der Waals surface area contributed by atoms with Crippen molar-refractivity contribution in [3.8, 4) is 5.75 Å². The van der Waals surface area contributed by atoms with Crippen molar-refractivity contribution in [2.75, 3.05) is 67.6 Å². The molecule has 0 unspecified atom stereocenters. The number of β-lactam (4-membered cyclic amide) rings is 1. The monoisotopic (exact) mass is 805 g/mol. The molecule has 4 amide bonds. The van der Waals surface area contributed by atoms with Gasteiger partial charge in [0, 0.05) is 93.2 Å². The number of carbonyl (C=O) groups is 4. The Balaban J connectivity index is 0.769. The van der Waals surface area contributed by atoms with E-state index < -0.39 is 17.4 Å². The fourth-order valence-corrected chi connectivity index (χ4v) is 11.5. The molecule has 1 aliphatic carbocycles. The number of hydrogen-bond acceptors (Lipinski definition) is 10. The van der Waals surface area contributed by atoms with Gasteiger partial charge in [0.05, 0.1) is 34.6 Å². The maximum Gasteiger partial charge on any atom is 0.255 e. The Morgan fingerprint density at radius 2 is 1.71 bits per heavy atom. The van der Waals surface area contributed by atoms with Gasteiger partial charge in [-0.15, -0.1) is 0 Å². The van der Waals surface area contributed by atoms with E-state index in [1.807, 2.05) is 47.5 Å². The summed E-state index contributed by atoms with van der Waals surface area (Å²) >= 11 is 1.39. The zero-order valence-corrected chi connectivity index (χ0v) is 33.6. The minimum atomic E-state index is -0.615. The van der Waals surface area contributed by atoms with E-state index in [0.717, 1.165) is 117 Å². The summed E-state index contributed by atoms with van der Waals surface area (Å²) in [6.07, 6.45) is 7.93. The molecule has 1 N–H and O–H groups in total. The summed E-state index contributed by atoms with van der Waals surface area (Å²) in [5.41, 5.74) is 4.24. The van der Waals surface area contributed by atoms with Gasteiger partial charge in [0.15, 0.2) is 0 Å². The molecule has 1 spiro atoms. The third kappa shape index (κ3) is 6.13. The number of benzene rings is 3. The summed E-state index contributed by atoms with van der Waals surface area (Å²) in [7, 11) is 1.64. The van der Waals surface area contributed by atoms with Gasteiger partial charge in [0.25, 0.3) is 5.91 Å². The second kappa shape index (κ2) is 14.6. The number of anilines is 3. The summed E-state index contributed by atoms with van der Waals surface area (Å²) in [6.45, 7) is 6.54. The highest BCUT2D eigenvalue weighted by Gasteiger charge is 2.63. The van der Waals surface area contributed by atoms with Gasteiger partial charge >= 0.3 is 0 Å². The van der Waals surface area contributed by atoms with E-state index in [-0.39, 0.29) is 36.0 Å². The molecule has 10 rings (SSSR count). The van der Waals surface area contributed by atoms with Gasteiger partial charge in [-0.05, 0) is 85.4 Å². The lowest BCUT2D eigenvalue weighted by Gasteiger charge is -2.55. The fraction of sp³-hybridized carbons (Fsp3) is 0.477. The standard InChI is InChI=1S/C44H48FN7O5S/c1-57-37-23-36(33(45)22-32(37)40-44(13-2-3-14-44)43(56)52(40)34-6-4-5-28-24-46-58-39(28)34)50-15-11-27(12-16-50)25-48-17-19-49(20-18-48)30-7-8-31-29(21-30)26-51(42(31)55)35-9-10-38(53)47-41(35)54/h4-8,21-24,27,35,40H,2-3,9-20,25-26H2,1H3,(H,47,53,54)/t35-,40-/m0/s1. The van der Waals surface area contributed by atoms with Crippen LogP contribution in [0.1, 0.15) is 78.9 Å². The first-order valence-electron chi connectivity index (χ1n) is 20.8. The van der Waals surface area contributed by atoms with Crippen molar-refractivity contribution in [3.05, 3.63) is 77.2 Å². The normalized spacial score (nSPS) is 23.9. The summed E-state index contributed by atoms with van der Waals surface area (Å²) in [6, 6.07) is 14.5. The van der Waals surface area contributed by atoms with E-state index in [0.29, 0.717) is 35.9 Å². The van der Waals surface area contributed by atoms with Gasteiger partial charge in [-0.3, -0.25) is 29.4 Å². The molecular weight excluding hydrogens is 758 g/mol. The number of halogens is 1. The summed E-state index contributed by atoms with van der Waals surface area (Å²) < 4.78 is 27.8. The number of rotatable bonds is 8. The minimum Gasteiger partial charge on any atom is -0.496 e. The van der Waals surface area contributed by atoms with Crippen LogP contribution in [0.3, 0.4) is 0 Å². The third-order valence-electron chi connectivity index (χ3n) is 13.9. The molecule has 58 heavy (non-hydrogen) atoms. The van der Waals surface area contributed by atoms with E-state index >= 15 is 4.39 Å². The van der Waals surface area contributed by atoms with Crippen LogP contribution in [0, 0.1) is 17.2 Å². The van der Waals surface area contributed by atoms with Crippen LogP contribution in [0.2, 0.25) is 0 Å². The Kier molecular flexibility index (Phi) is 9.39. The van der Waals surface area contributed by atoms with Crippen LogP contribution in [0.15, 0.2) is 54.7 Å². The molecule has 2 atom stereocenters. The van der Waals surface area contributed by atoms with Crippen LogP contribution >= 0.6 is 11.5 Å². The summed E-state index contributed by atoms with van der Waals surface area (Å²) in [5.74, 6) is 0.162. The first kappa shape index (κ1) is 37.2. The average molecular weight is 806 g/mol. The topological polar surface area (TPSA) is 119 Å². The van der Waals surface area contributed by atoms with Crippen LogP contribution in [0.5, 0.6) is 5.75 Å². The van der Waals surface area contributed by atoms with Gasteiger partial charge < -0.3 is 24.3 Å². The average Bonchev–Trinajstić information content (AvgIpc) is 4.01. The quantitative estimate of drug-likeness (QED) is 0.172. The lowest BCUT2D eigenvalue weighted by Crippen LogP contribution is -2.62. The number of nitrogens with zero attached hydrogens (tertiary/aromatic N) is 6. The zero-order chi connectivity index (χ0) is 39.7. The zero-order valence-electron chi connectivity index (χ0n) is 32.8. The number of fused-ring (bicyclic) bond motifs is 2. The highest BCUT2D eigenvalue weighted by molar-refractivity contribution is 7.14. The maximum atomic E-state index is 16.4. The first-order chi connectivity index (χ1) is 28.2. The highest BCUT2D eigenvalue weighted by atomic mass is 32.1. The largest absolute Gasteiger partial charge is 0.496 e. The van der Waals surface area contributed by atoms with Crippen molar-refractivity contribution < 1.29 is 28.3 Å². The van der Waals surface area contributed by atoms with Gasteiger partial charge in [-0.2, -0.15) is 4.37 Å². The van der Waals surface area contributed by atoms with E-state index in [2.05, 4.69) is 30.5 Å². The van der Waals surface area contributed by atoms with Gasteiger partial charge in [0.1, 0.15) is 17.6 Å². The number of hydrogen-bond donors (Lipinski definition) is 1. The maximum absolute atomic E-state index is 16.4. The lowest BCUT2D eigenvalue weighted by molar-refractivity contribution is -0.140. The summed E-state index contributed by atoms with van der Waals surface area (Å²) in [5, 5.41) is 3.37. The van der Waals surface area contributed by atoms with Crippen LogP contribution in [0.4, 0.5) is 21.5 Å². The van der Waals surface area contributed by atoms with Crippen LogP contribution < -0.4 is 24.8 Å². The summed E-state index contributed by atoms with van der Waals surface area (Å²) in [4.78, 5) is 61.9. The number of piperidine rings is 2. The smallest absolute Gasteiger partial charge is 0.255 e. The van der Waals surface area contributed by atoms with E-state index in [1.165, 1.54) is 11.5 Å². The van der Waals surface area contributed by atoms with Crippen molar-refractivity contribution in [1.29, 1.82) is 0 Å². The number of imide groups is 1. The van der Waals surface area contributed by atoms with Gasteiger partial charge in [-0.1, -0.05) is 25.0 Å². The molecule has 4 saturated heterocycles. The minimum absolute atomic E-state index is 0.118.